The Kier molecular flexibility index (Phi) is 4.76. The zero-order chi connectivity index (χ0) is 12.0. The van der Waals surface area contributed by atoms with Crippen molar-refractivity contribution in [3.63, 3.8) is 0 Å². The van der Waals surface area contributed by atoms with Gasteiger partial charge in [-0.15, -0.1) is 0 Å². The Morgan fingerprint density at radius 2 is 2.19 bits per heavy atom. The van der Waals surface area contributed by atoms with Crippen LogP contribution in [0.4, 0.5) is 5.69 Å². The van der Waals surface area contributed by atoms with Crippen molar-refractivity contribution >= 4 is 11.7 Å². The van der Waals surface area contributed by atoms with E-state index in [2.05, 4.69) is 24.1 Å². The molecular weight excluding hydrogens is 204 g/mol. The number of hydrogen-bond acceptors (Lipinski definition) is 3. The van der Waals surface area contributed by atoms with Crippen LogP contribution in [0.1, 0.15) is 37.0 Å². The summed E-state index contributed by atoms with van der Waals surface area (Å²) in [6.07, 6.45) is 5.16. The number of aromatic nitrogens is 1. The third kappa shape index (κ3) is 3.22. The van der Waals surface area contributed by atoms with Gasteiger partial charge in [-0.25, -0.2) is 4.79 Å². The summed E-state index contributed by atoms with van der Waals surface area (Å²) in [5, 5.41) is 12.1. The molecule has 4 heteroatoms. The van der Waals surface area contributed by atoms with Gasteiger partial charge in [-0.2, -0.15) is 0 Å². The van der Waals surface area contributed by atoms with E-state index in [1.807, 2.05) is 0 Å². The molecule has 0 aliphatic rings. The molecule has 0 radical (unpaired) electrons. The number of aromatic carboxylic acids is 1. The van der Waals surface area contributed by atoms with Gasteiger partial charge in [-0.3, -0.25) is 4.98 Å². The molecule has 0 atom stereocenters. The van der Waals surface area contributed by atoms with Gasteiger partial charge in [0.05, 0.1) is 5.69 Å². The van der Waals surface area contributed by atoms with Gasteiger partial charge in [0.25, 0.3) is 0 Å². The van der Waals surface area contributed by atoms with Gasteiger partial charge in [-0.1, -0.05) is 26.7 Å². The number of nitrogens with one attached hydrogen (secondary N) is 1. The number of hydrogen-bond donors (Lipinski definition) is 2. The zero-order valence-corrected chi connectivity index (χ0v) is 9.73. The molecule has 0 fully saturated rings. The Hall–Kier alpha value is -1.58. The predicted molar refractivity (Wildman–Crippen MR) is 63.8 cm³/mol. The molecule has 16 heavy (non-hydrogen) atoms. The summed E-state index contributed by atoms with van der Waals surface area (Å²) < 4.78 is 0. The first-order valence-electron chi connectivity index (χ1n) is 5.60. The monoisotopic (exact) mass is 222 g/mol. The maximum absolute atomic E-state index is 10.9. The second-order valence-corrected chi connectivity index (χ2v) is 3.79. The van der Waals surface area contributed by atoms with Gasteiger partial charge in [0.15, 0.2) is 0 Å². The van der Waals surface area contributed by atoms with Gasteiger partial charge in [0.2, 0.25) is 0 Å². The molecule has 4 nitrogen and oxygen atoms in total. The lowest BCUT2D eigenvalue weighted by molar-refractivity contribution is 0.0697. The molecular formula is C12H18N2O2. The highest BCUT2D eigenvalue weighted by Gasteiger charge is 2.10. The fraction of sp³-hybridized carbons (Fsp3) is 0.500. The third-order valence-corrected chi connectivity index (χ3v) is 2.79. The Morgan fingerprint density at radius 1 is 1.50 bits per heavy atom. The summed E-state index contributed by atoms with van der Waals surface area (Å²) in [5.41, 5.74) is 0.878. The molecule has 0 unspecified atom stereocenters. The van der Waals surface area contributed by atoms with Crippen LogP contribution in [-0.4, -0.2) is 22.6 Å². The van der Waals surface area contributed by atoms with Crippen molar-refractivity contribution in [1.82, 2.24) is 4.98 Å². The van der Waals surface area contributed by atoms with Gasteiger partial charge in [0.1, 0.15) is 5.56 Å². The highest BCUT2D eigenvalue weighted by molar-refractivity contribution is 5.93. The smallest absolute Gasteiger partial charge is 0.339 e. The minimum absolute atomic E-state index is 0.230. The minimum atomic E-state index is -0.944. The van der Waals surface area contributed by atoms with Gasteiger partial charge in [-0.05, 0) is 12.0 Å². The van der Waals surface area contributed by atoms with Gasteiger partial charge < -0.3 is 10.4 Å². The first-order valence-corrected chi connectivity index (χ1v) is 5.60. The van der Waals surface area contributed by atoms with Crippen molar-refractivity contribution < 1.29 is 9.90 Å². The third-order valence-electron chi connectivity index (χ3n) is 2.79. The number of rotatable bonds is 6. The summed E-state index contributed by atoms with van der Waals surface area (Å²) >= 11 is 0. The number of carbonyl (C=O) groups is 1. The van der Waals surface area contributed by atoms with Crippen LogP contribution >= 0.6 is 0 Å². The average Bonchev–Trinajstić information content (AvgIpc) is 2.30. The summed E-state index contributed by atoms with van der Waals surface area (Å²) in [7, 11) is 0. The molecule has 88 valence electrons. The van der Waals surface area contributed by atoms with Gasteiger partial charge >= 0.3 is 5.97 Å². The van der Waals surface area contributed by atoms with Crippen molar-refractivity contribution in [2.45, 2.75) is 26.7 Å². The maximum Gasteiger partial charge on any atom is 0.339 e. The molecule has 0 aliphatic heterocycles. The Bertz CT molecular complexity index is 349. The van der Waals surface area contributed by atoms with E-state index in [9.17, 15) is 4.79 Å². The van der Waals surface area contributed by atoms with Crippen molar-refractivity contribution in [2.75, 3.05) is 11.9 Å². The van der Waals surface area contributed by atoms with E-state index < -0.39 is 5.97 Å². The first kappa shape index (κ1) is 12.5. The van der Waals surface area contributed by atoms with Crippen LogP contribution < -0.4 is 5.32 Å². The summed E-state index contributed by atoms with van der Waals surface area (Å²) in [6, 6.07) is 1.70. The van der Waals surface area contributed by atoms with Crippen LogP contribution in [0.5, 0.6) is 0 Å². The maximum atomic E-state index is 10.9. The molecule has 0 aromatic carbocycles. The number of carboxylic acid groups (broad SMARTS) is 1. The second-order valence-electron chi connectivity index (χ2n) is 3.79. The number of anilines is 1. The molecule has 1 rings (SSSR count). The molecule has 1 heterocycles. The molecule has 0 saturated carbocycles. The minimum Gasteiger partial charge on any atom is -0.478 e. The van der Waals surface area contributed by atoms with E-state index in [0.717, 1.165) is 19.4 Å². The van der Waals surface area contributed by atoms with Gasteiger partial charge in [0, 0.05) is 18.9 Å². The second kappa shape index (κ2) is 6.10. The molecule has 0 amide bonds. The fourth-order valence-electron chi connectivity index (χ4n) is 1.55. The van der Waals surface area contributed by atoms with E-state index in [-0.39, 0.29) is 5.56 Å². The molecule has 1 aromatic heterocycles. The van der Waals surface area contributed by atoms with Crippen LogP contribution in [-0.2, 0) is 0 Å². The quantitative estimate of drug-likeness (QED) is 0.776. The standard InChI is InChI=1S/C12H18N2O2/c1-3-9(4-2)7-14-11-5-6-13-8-10(11)12(15)16/h5-6,8-9H,3-4,7H2,1-2H3,(H,13,14)(H,15,16). The molecule has 0 bridgehead atoms. The van der Waals surface area contributed by atoms with E-state index in [1.165, 1.54) is 6.20 Å². The van der Waals surface area contributed by atoms with E-state index in [4.69, 9.17) is 5.11 Å². The fourth-order valence-corrected chi connectivity index (χ4v) is 1.55. The SMILES string of the molecule is CCC(CC)CNc1ccncc1C(=O)O. The number of carboxylic acids is 1. The lowest BCUT2D eigenvalue weighted by atomic mass is 10.0. The number of pyridine rings is 1. The lowest BCUT2D eigenvalue weighted by Crippen LogP contribution is -2.15. The van der Waals surface area contributed by atoms with Crippen LogP contribution in [0.3, 0.4) is 0 Å². The highest BCUT2D eigenvalue weighted by atomic mass is 16.4. The van der Waals surface area contributed by atoms with Crippen molar-refractivity contribution in [3.8, 4) is 0 Å². The van der Waals surface area contributed by atoms with Crippen LogP contribution in [0.15, 0.2) is 18.5 Å². The summed E-state index contributed by atoms with van der Waals surface area (Å²) in [4.78, 5) is 14.7. The Balaban J connectivity index is 2.69. The molecule has 1 aromatic rings. The molecule has 0 saturated heterocycles. The van der Waals surface area contributed by atoms with Crippen molar-refractivity contribution in [2.24, 2.45) is 5.92 Å². The zero-order valence-electron chi connectivity index (χ0n) is 9.73. The van der Waals surface area contributed by atoms with Crippen molar-refractivity contribution in [3.05, 3.63) is 24.0 Å². The van der Waals surface area contributed by atoms with Crippen molar-refractivity contribution in [1.29, 1.82) is 0 Å². The first-order chi connectivity index (χ1) is 7.69. The normalized spacial score (nSPS) is 10.4. The van der Waals surface area contributed by atoms with Crippen LogP contribution in [0, 0.1) is 5.92 Å². The lowest BCUT2D eigenvalue weighted by Gasteiger charge is -2.15. The van der Waals surface area contributed by atoms with E-state index in [0.29, 0.717) is 11.6 Å². The highest BCUT2D eigenvalue weighted by Crippen LogP contribution is 2.15. The topological polar surface area (TPSA) is 62.2 Å². The predicted octanol–water partition coefficient (Wildman–Crippen LogP) is 2.63. The van der Waals surface area contributed by atoms with E-state index >= 15 is 0 Å². The summed E-state index contributed by atoms with van der Waals surface area (Å²) in [6.45, 7) is 5.08. The average molecular weight is 222 g/mol. The summed E-state index contributed by atoms with van der Waals surface area (Å²) in [5.74, 6) is -0.366. The Labute approximate surface area is 95.7 Å². The van der Waals surface area contributed by atoms with Crippen LogP contribution in [0.2, 0.25) is 0 Å². The largest absolute Gasteiger partial charge is 0.478 e. The number of nitrogens with zero attached hydrogens (tertiary/aromatic N) is 1. The molecule has 2 N–H and O–H groups in total. The van der Waals surface area contributed by atoms with E-state index in [1.54, 1.807) is 12.3 Å². The molecule has 0 aliphatic carbocycles. The Morgan fingerprint density at radius 3 is 2.75 bits per heavy atom. The molecule has 0 spiro atoms. The van der Waals surface area contributed by atoms with Crippen LogP contribution in [0.25, 0.3) is 0 Å².